The number of anilines is 1. The summed E-state index contributed by atoms with van der Waals surface area (Å²) in [7, 11) is 5.11. The van der Waals surface area contributed by atoms with Crippen molar-refractivity contribution < 1.29 is 19.0 Å². The summed E-state index contributed by atoms with van der Waals surface area (Å²) in [6, 6.07) is 16.2. The van der Waals surface area contributed by atoms with Gasteiger partial charge in [-0.05, 0) is 29.8 Å². The summed E-state index contributed by atoms with van der Waals surface area (Å²) in [5, 5.41) is 0.233. The van der Waals surface area contributed by atoms with Crippen molar-refractivity contribution >= 4 is 34.5 Å². The maximum absolute atomic E-state index is 12.7. The van der Waals surface area contributed by atoms with Crippen LogP contribution in [0.25, 0.3) is 11.2 Å². The van der Waals surface area contributed by atoms with E-state index in [4.69, 9.17) is 25.8 Å². The molecule has 0 radical (unpaired) electrons. The highest BCUT2D eigenvalue weighted by Gasteiger charge is 2.19. The summed E-state index contributed by atoms with van der Waals surface area (Å²) < 4.78 is 17.4. The summed E-state index contributed by atoms with van der Waals surface area (Å²) in [5.41, 5.74) is 2.51. The fourth-order valence-electron chi connectivity index (χ4n) is 3.32. The molecular formula is C23H21ClN4O4. The second-order valence-electron chi connectivity index (χ2n) is 7.01. The monoisotopic (exact) mass is 452 g/mol. The Hall–Kier alpha value is -3.78. The van der Waals surface area contributed by atoms with Crippen LogP contribution in [0.2, 0.25) is 5.15 Å². The summed E-state index contributed by atoms with van der Waals surface area (Å²) in [6.45, 7) is 0.518. The Bertz CT molecular complexity index is 1240. The van der Waals surface area contributed by atoms with Gasteiger partial charge in [0.1, 0.15) is 34.2 Å². The van der Waals surface area contributed by atoms with Crippen molar-refractivity contribution in [2.45, 2.75) is 6.54 Å². The number of rotatable bonds is 6. The number of benzene rings is 2. The standard InChI is InChI=1S/C23H21ClN4O4/c1-27(13-15-9-17(30-2)11-18(10-15)31-3)19-12-20(24)26-22-21(19)25-14-28(22)23(29)32-16-7-5-4-6-8-16/h4-12,14H,13H2,1-3H3. The van der Waals surface area contributed by atoms with Crippen LogP contribution in [0.4, 0.5) is 10.5 Å². The first-order chi connectivity index (χ1) is 15.5. The first-order valence-corrected chi connectivity index (χ1v) is 10.1. The van der Waals surface area contributed by atoms with Crippen LogP contribution in [0, 0.1) is 0 Å². The highest BCUT2D eigenvalue weighted by molar-refractivity contribution is 6.30. The third-order valence-electron chi connectivity index (χ3n) is 4.84. The van der Waals surface area contributed by atoms with Crippen LogP contribution in [0.3, 0.4) is 0 Å². The molecule has 0 fully saturated rings. The van der Waals surface area contributed by atoms with E-state index in [-0.39, 0.29) is 5.15 Å². The van der Waals surface area contributed by atoms with E-state index in [2.05, 4.69) is 9.97 Å². The van der Waals surface area contributed by atoms with Crippen molar-refractivity contribution in [3.63, 3.8) is 0 Å². The number of ether oxygens (including phenoxy) is 3. The number of methoxy groups -OCH3 is 2. The van der Waals surface area contributed by atoms with Gasteiger partial charge in [0, 0.05) is 25.7 Å². The van der Waals surface area contributed by atoms with E-state index in [1.165, 1.54) is 10.9 Å². The van der Waals surface area contributed by atoms with Crippen molar-refractivity contribution in [1.82, 2.24) is 14.5 Å². The molecule has 4 aromatic rings. The summed E-state index contributed by atoms with van der Waals surface area (Å²) in [6.07, 6.45) is 0.755. The largest absolute Gasteiger partial charge is 0.497 e. The molecule has 8 nitrogen and oxygen atoms in total. The average molecular weight is 453 g/mol. The minimum Gasteiger partial charge on any atom is -0.497 e. The van der Waals surface area contributed by atoms with E-state index in [0.717, 1.165) is 5.56 Å². The van der Waals surface area contributed by atoms with Gasteiger partial charge in [-0.3, -0.25) is 0 Å². The number of fused-ring (bicyclic) bond motifs is 1. The first kappa shape index (κ1) is 21.5. The van der Waals surface area contributed by atoms with E-state index in [1.807, 2.05) is 36.2 Å². The van der Waals surface area contributed by atoms with Gasteiger partial charge in [-0.15, -0.1) is 0 Å². The third kappa shape index (κ3) is 4.45. The molecule has 0 bridgehead atoms. The number of carbonyl (C=O) groups is 1. The number of halogens is 1. The average Bonchev–Trinajstić information content (AvgIpc) is 3.22. The molecule has 2 heterocycles. The second-order valence-corrected chi connectivity index (χ2v) is 7.40. The SMILES string of the molecule is COc1cc(CN(C)c2cc(Cl)nc3c2ncn3C(=O)Oc2ccccc2)cc(OC)c1. The van der Waals surface area contributed by atoms with Gasteiger partial charge in [-0.1, -0.05) is 29.8 Å². The van der Waals surface area contributed by atoms with Crippen molar-refractivity contribution in [3.8, 4) is 17.2 Å². The number of carbonyl (C=O) groups excluding carboxylic acids is 1. The zero-order valence-corrected chi connectivity index (χ0v) is 18.5. The molecule has 4 rings (SSSR count). The van der Waals surface area contributed by atoms with Crippen LogP contribution in [0.15, 0.2) is 60.9 Å². The van der Waals surface area contributed by atoms with E-state index in [9.17, 15) is 4.79 Å². The third-order valence-corrected chi connectivity index (χ3v) is 5.03. The number of aromatic nitrogens is 3. The number of para-hydroxylation sites is 1. The van der Waals surface area contributed by atoms with Crippen LogP contribution in [-0.4, -0.2) is 41.9 Å². The molecule has 9 heteroatoms. The Morgan fingerprint density at radius 1 is 1.03 bits per heavy atom. The van der Waals surface area contributed by atoms with Gasteiger partial charge < -0.3 is 19.1 Å². The van der Waals surface area contributed by atoms with Gasteiger partial charge in [0.2, 0.25) is 0 Å². The van der Waals surface area contributed by atoms with Gasteiger partial charge in [0.05, 0.1) is 19.9 Å². The molecule has 2 aromatic heterocycles. The Morgan fingerprint density at radius 3 is 2.38 bits per heavy atom. The zero-order valence-electron chi connectivity index (χ0n) is 17.8. The van der Waals surface area contributed by atoms with Gasteiger partial charge in [-0.25, -0.2) is 19.3 Å². The van der Waals surface area contributed by atoms with Crippen LogP contribution in [0.5, 0.6) is 17.2 Å². The maximum Gasteiger partial charge on any atom is 0.426 e. The topological polar surface area (TPSA) is 78.7 Å². The number of nitrogens with zero attached hydrogens (tertiary/aromatic N) is 4. The summed E-state index contributed by atoms with van der Waals surface area (Å²) in [4.78, 5) is 23.4. The van der Waals surface area contributed by atoms with Crippen LogP contribution in [0.1, 0.15) is 5.56 Å². The molecule has 2 aromatic carbocycles. The van der Waals surface area contributed by atoms with Crippen molar-refractivity contribution in [1.29, 1.82) is 0 Å². The molecule has 0 saturated heterocycles. The maximum atomic E-state index is 12.7. The molecule has 0 atom stereocenters. The lowest BCUT2D eigenvalue weighted by atomic mass is 10.1. The normalized spacial score (nSPS) is 10.8. The van der Waals surface area contributed by atoms with Crippen molar-refractivity contribution in [2.24, 2.45) is 0 Å². The smallest absolute Gasteiger partial charge is 0.426 e. The molecule has 0 spiro atoms. The molecule has 0 N–H and O–H groups in total. The minimum absolute atomic E-state index is 0.233. The molecule has 0 aliphatic heterocycles. The molecule has 0 aliphatic rings. The van der Waals surface area contributed by atoms with Crippen LogP contribution >= 0.6 is 11.6 Å². The molecule has 0 unspecified atom stereocenters. The van der Waals surface area contributed by atoms with E-state index in [1.54, 1.807) is 44.6 Å². The first-order valence-electron chi connectivity index (χ1n) is 9.72. The van der Waals surface area contributed by atoms with Crippen LogP contribution < -0.4 is 19.1 Å². The van der Waals surface area contributed by atoms with Crippen LogP contribution in [-0.2, 0) is 6.54 Å². The Labute approximate surface area is 189 Å². The van der Waals surface area contributed by atoms with Gasteiger partial charge >= 0.3 is 6.09 Å². The molecule has 0 aliphatic carbocycles. The van der Waals surface area contributed by atoms with E-state index < -0.39 is 6.09 Å². The van der Waals surface area contributed by atoms with Gasteiger partial charge in [-0.2, -0.15) is 0 Å². The molecule has 0 amide bonds. The lowest BCUT2D eigenvalue weighted by Gasteiger charge is -2.21. The van der Waals surface area contributed by atoms with E-state index in [0.29, 0.717) is 40.6 Å². The predicted octanol–water partition coefficient (Wildman–Crippen LogP) is 4.79. The highest BCUT2D eigenvalue weighted by Crippen LogP contribution is 2.30. The van der Waals surface area contributed by atoms with Crippen molar-refractivity contribution in [3.05, 3.63) is 71.6 Å². The molecule has 0 saturated carbocycles. The molecule has 164 valence electrons. The predicted molar refractivity (Wildman–Crippen MR) is 122 cm³/mol. The Kier molecular flexibility index (Phi) is 6.13. The highest BCUT2D eigenvalue weighted by atomic mass is 35.5. The number of imidazole rings is 1. The Morgan fingerprint density at radius 2 is 1.72 bits per heavy atom. The number of pyridine rings is 1. The zero-order chi connectivity index (χ0) is 22.7. The van der Waals surface area contributed by atoms with E-state index >= 15 is 0 Å². The fourth-order valence-corrected chi connectivity index (χ4v) is 3.51. The fraction of sp³-hybridized carbons (Fsp3) is 0.174. The Balaban J connectivity index is 1.66. The minimum atomic E-state index is -0.625. The second kappa shape index (κ2) is 9.15. The number of hydrogen-bond acceptors (Lipinski definition) is 7. The molecular weight excluding hydrogens is 432 g/mol. The van der Waals surface area contributed by atoms with Crippen molar-refractivity contribution in [2.75, 3.05) is 26.2 Å². The van der Waals surface area contributed by atoms with Gasteiger partial charge in [0.15, 0.2) is 5.65 Å². The quantitative estimate of drug-likeness (QED) is 0.389. The lowest BCUT2D eigenvalue weighted by molar-refractivity contribution is 0.203. The summed E-state index contributed by atoms with van der Waals surface area (Å²) in [5.74, 6) is 1.81. The lowest BCUT2D eigenvalue weighted by Crippen LogP contribution is -2.18. The van der Waals surface area contributed by atoms with Gasteiger partial charge in [0.25, 0.3) is 0 Å². The number of hydrogen-bond donors (Lipinski definition) is 0. The summed E-state index contributed by atoms with van der Waals surface area (Å²) >= 11 is 6.29. The molecule has 32 heavy (non-hydrogen) atoms.